The molecule has 0 fully saturated rings. The van der Waals surface area contributed by atoms with E-state index in [2.05, 4.69) is 60.6 Å². The molecule has 0 amide bonds. The second kappa shape index (κ2) is 5.00. The van der Waals surface area contributed by atoms with E-state index in [0.29, 0.717) is 16.7 Å². The van der Waals surface area contributed by atoms with Crippen LogP contribution in [0.2, 0.25) is 0 Å². The van der Waals surface area contributed by atoms with E-state index >= 15 is 0 Å². The molecule has 0 aliphatic rings. The van der Waals surface area contributed by atoms with Crippen LogP contribution >= 0.6 is 0 Å². The molecule has 0 N–H and O–H groups in total. The van der Waals surface area contributed by atoms with Crippen molar-refractivity contribution < 1.29 is 0 Å². The normalized spacial score (nSPS) is 16.2. The molecule has 0 spiro atoms. The highest BCUT2D eigenvalue weighted by molar-refractivity contribution is 4.92. The van der Waals surface area contributed by atoms with Gasteiger partial charge in [0.25, 0.3) is 0 Å². The molecule has 0 rings (SSSR count). The maximum absolute atomic E-state index is 2.37. The largest absolute Gasteiger partial charge is 0.0882 e. The SMILES string of the molecule is CC(C=CCCC(C)(C)C)C(C)(C)C. The van der Waals surface area contributed by atoms with Crippen molar-refractivity contribution in [2.24, 2.45) is 16.7 Å². The molecule has 0 radical (unpaired) electrons. The molecule has 14 heavy (non-hydrogen) atoms. The minimum Gasteiger partial charge on any atom is -0.0882 e. The number of allylic oxidation sites excluding steroid dienone is 2. The first-order valence-electron chi connectivity index (χ1n) is 5.79. The van der Waals surface area contributed by atoms with Crippen molar-refractivity contribution in [2.45, 2.75) is 61.3 Å². The van der Waals surface area contributed by atoms with Crippen LogP contribution in [0.25, 0.3) is 0 Å². The van der Waals surface area contributed by atoms with Gasteiger partial charge in [0.05, 0.1) is 0 Å². The molecule has 0 heterocycles. The highest BCUT2D eigenvalue weighted by Crippen LogP contribution is 2.27. The topological polar surface area (TPSA) is 0 Å². The van der Waals surface area contributed by atoms with Crippen LogP contribution in [-0.4, -0.2) is 0 Å². The van der Waals surface area contributed by atoms with Gasteiger partial charge in [-0.1, -0.05) is 60.6 Å². The van der Waals surface area contributed by atoms with Crippen LogP contribution in [0, 0.1) is 16.7 Å². The molecule has 0 saturated heterocycles. The third kappa shape index (κ3) is 7.17. The quantitative estimate of drug-likeness (QED) is 0.554. The summed E-state index contributed by atoms with van der Waals surface area (Å²) in [6, 6.07) is 0. The molecule has 1 atom stereocenters. The minimum atomic E-state index is 0.401. The van der Waals surface area contributed by atoms with Crippen molar-refractivity contribution in [3.63, 3.8) is 0 Å². The Hall–Kier alpha value is -0.260. The van der Waals surface area contributed by atoms with Gasteiger partial charge in [-0.05, 0) is 29.6 Å². The number of hydrogen-bond donors (Lipinski definition) is 0. The van der Waals surface area contributed by atoms with Crippen molar-refractivity contribution >= 4 is 0 Å². The van der Waals surface area contributed by atoms with E-state index in [9.17, 15) is 0 Å². The van der Waals surface area contributed by atoms with Crippen molar-refractivity contribution in [3.8, 4) is 0 Å². The van der Waals surface area contributed by atoms with E-state index in [1.165, 1.54) is 12.8 Å². The van der Waals surface area contributed by atoms with Gasteiger partial charge in [-0.25, -0.2) is 0 Å². The molecule has 0 aromatic rings. The van der Waals surface area contributed by atoms with Gasteiger partial charge in [-0.15, -0.1) is 0 Å². The van der Waals surface area contributed by atoms with Gasteiger partial charge in [-0.3, -0.25) is 0 Å². The van der Waals surface area contributed by atoms with E-state index in [0.717, 1.165) is 0 Å². The van der Waals surface area contributed by atoms with Crippen LogP contribution in [0.15, 0.2) is 12.2 Å². The summed E-state index contributed by atoms with van der Waals surface area (Å²) in [5, 5.41) is 0. The Morgan fingerprint density at radius 2 is 1.50 bits per heavy atom. The summed E-state index contributed by atoms with van der Waals surface area (Å²) in [6.07, 6.45) is 7.21. The first kappa shape index (κ1) is 13.7. The van der Waals surface area contributed by atoms with Crippen LogP contribution in [0.1, 0.15) is 61.3 Å². The molecule has 0 nitrogen and oxygen atoms in total. The average molecular weight is 196 g/mol. The maximum Gasteiger partial charge on any atom is -0.0213 e. The summed E-state index contributed by atoms with van der Waals surface area (Å²) in [6.45, 7) is 16.1. The molecular weight excluding hydrogens is 168 g/mol. The van der Waals surface area contributed by atoms with Crippen molar-refractivity contribution in [2.75, 3.05) is 0 Å². The molecule has 0 aliphatic heterocycles. The van der Waals surface area contributed by atoms with Gasteiger partial charge in [0.2, 0.25) is 0 Å². The van der Waals surface area contributed by atoms with Gasteiger partial charge < -0.3 is 0 Å². The zero-order valence-electron chi connectivity index (χ0n) is 11.1. The fourth-order valence-electron chi connectivity index (χ4n) is 1.11. The summed E-state index contributed by atoms with van der Waals surface area (Å²) in [5.74, 6) is 0.669. The van der Waals surface area contributed by atoms with Crippen molar-refractivity contribution in [3.05, 3.63) is 12.2 Å². The summed E-state index contributed by atoms with van der Waals surface area (Å²) >= 11 is 0. The summed E-state index contributed by atoms with van der Waals surface area (Å²) in [4.78, 5) is 0. The molecule has 0 aromatic carbocycles. The zero-order valence-corrected chi connectivity index (χ0v) is 11.1. The van der Waals surface area contributed by atoms with Gasteiger partial charge in [-0.2, -0.15) is 0 Å². The summed E-state index contributed by atoms with van der Waals surface area (Å²) in [5.41, 5.74) is 0.869. The first-order chi connectivity index (χ1) is 6.13. The molecule has 0 bridgehead atoms. The van der Waals surface area contributed by atoms with E-state index in [-0.39, 0.29) is 0 Å². The maximum atomic E-state index is 2.37. The van der Waals surface area contributed by atoms with Gasteiger partial charge in [0.1, 0.15) is 0 Å². The van der Waals surface area contributed by atoms with E-state index < -0.39 is 0 Å². The van der Waals surface area contributed by atoms with Gasteiger partial charge in [0.15, 0.2) is 0 Å². The lowest BCUT2D eigenvalue weighted by Crippen LogP contribution is -2.14. The Morgan fingerprint density at radius 1 is 1.00 bits per heavy atom. The number of hydrogen-bond acceptors (Lipinski definition) is 0. The van der Waals surface area contributed by atoms with Crippen LogP contribution in [-0.2, 0) is 0 Å². The highest BCUT2D eigenvalue weighted by atomic mass is 14.2. The lowest BCUT2D eigenvalue weighted by Gasteiger charge is -2.24. The monoisotopic (exact) mass is 196 g/mol. The predicted octanol–water partition coefficient (Wildman–Crippen LogP) is 5.05. The third-order valence-corrected chi connectivity index (χ3v) is 2.85. The Kier molecular flexibility index (Phi) is 4.91. The highest BCUT2D eigenvalue weighted by Gasteiger charge is 2.16. The summed E-state index contributed by atoms with van der Waals surface area (Å²) in [7, 11) is 0. The Labute approximate surface area is 90.8 Å². The molecule has 84 valence electrons. The number of rotatable bonds is 3. The van der Waals surface area contributed by atoms with E-state index in [1.54, 1.807) is 0 Å². The fraction of sp³-hybridized carbons (Fsp3) is 0.857. The van der Waals surface area contributed by atoms with Crippen LogP contribution in [0.5, 0.6) is 0 Å². The van der Waals surface area contributed by atoms with E-state index in [4.69, 9.17) is 0 Å². The Morgan fingerprint density at radius 3 is 1.86 bits per heavy atom. The smallest absolute Gasteiger partial charge is 0.0213 e. The van der Waals surface area contributed by atoms with E-state index in [1.807, 2.05) is 0 Å². The summed E-state index contributed by atoms with van der Waals surface area (Å²) < 4.78 is 0. The van der Waals surface area contributed by atoms with Crippen LogP contribution < -0.4 is 0 Å². The Bertz CT molecular complexity index is 173. The van der Waals surface area contributed by atoms with Gasteiger partial charge in [0, 0.05) is 0 Å². The molecule has 0 saturated carbocycles. The third-order valence-electron chi connectivity index (χ3n) is 2.85. The molecule has 0 heteroatoms. The molecular formula is C14H28. The zero-order chi connectivity index (χ0) is 11.4. The Balaban J connectivity index is 3.85. The lowest BCUT2D eigenvalue weighted by molar-refractivity contribution is 0.313. The molecule has 0 aromatic heterocycles. The predicted molar refractivity (Wildman–Crippen MR) is 66.4 cm³/mol. The van der Waals surface area contributed by atoms with Crippen molar-refractivity contribution in [1.82, 2.24) is 0 Å². The standard InChI is InChI=1S/C14H28/c1-12(14(5,6)7)10-8-9-11-13(2,3)4/h8,10,12H,9,11H2,1-7H3. The van der Waals surface area contributed by atoms with Gasteiger partial charge >= 0.3 is 0 Å². The second-order valence-electron chi connectivity index (χ2n) is 6.68. The second-order valence-corrected chi connectivity index (χ2v) is 6.68. The van der Waals surface area contributed by atoms with Crippen molar-refractivity contribution in [1.29, 1.82) is 0 Å². The van der Waals surface area contributed by atoms with Crippen LogP contribution in [0.3, 0.4) is 0 Å². The molecule has 1 unspecified atom stereocenters. The average Bonchev–Trinajstić information content (AvgIpc) is 1.93. The molecule has 0 aliphatic carbocycles. The van der Waals surface area contributed by atoms with Crippen LogP contribution in [0.4, 0.5) is 0 Å². The lowest BCUT2D eigenvalue weighted by atomic mass is 9.81. The first-order valence-corrected chi connectivity index (χ1v) is 5.79. The minimum absolute atomic E-state index is 0.401. The fourth-order valence-corrected chi connectivity index (χ4v) is 1.11.